The molecule has 2 N–H and O–H groups in total. The van der Waals surface area contributed by atoms with E-state index >= 15 is 0 Å². The summed E-state index contributed by atoms with van der Waals surface area (Å²) in [6.07, 6.45) is 3.20. The number of hydrogen-bond donors (Lipinski definition) is 1. The summed E-state index contributed by atoms with van der Waals surface area (Å²) in [5, 5.41) is 0. The number of benzene rings is 1. The predicted octanol–water partition coefficient (Wildman–Crippen LogP) is 1.94. The highest BCUT2D eigenvalue weighted by atomic mass is 19.1. The normalized spacial score (nSPS) is 19.2. The molecular formula is C14H21FN2O. The molecule has 2 rings (SSSR count). The molecule has 1 fully saturated rings. The van der Waals surface area contributed by atoms with E-state index in [1.807, 2.05) is 13.1 Å². The molecule has 0 aliphatic carbocycles. The minimum atomic E-state index is -0.199. The van der Waals surface area contributed by atoms with Crippen LogP contribution in [0.2, 0.25) is 0 Å². The lowest BCUT2D eigenvalue weighted by molar-refractivity contribution is 0.116. The first-order valence-electron chi connectivity index (χ1n) is 6.51. The van der Waals surface area contributed by atoms with E-state index in [2.05, 4.69) is 4.90 Å². The van der Waals surface area contributed by atoms with Crippen molar-refractivity contribution in [3.8, 4) is 0 Å². The summed E-state index contributed by atoms with van der Waals surface area (Å²) in [4.78, 5) is 2.05. The van der Waals surface area contributed by atoms with Crippen LogP contribution in [0.3, 0.4) is 0 Å². The van der Waals surface area contributed by atoms with Crippen LogP contribution in [0.1, 0.15) is 18.4 Å². The lowest BCUT2D eigenvalue weighted by atomic mass is 10.1. The molecule has 18 heavy (non-hydrogen) atoms. The van der Waals surface area contributed by atoms with E-state index in [0.29, 0.717) is 13.0 Å². The maximum atomic E-state index is 13.5. The van der Waals surface area contributed by atoms with E-state index in [-0.39, 0.29) is 11.9 Å². The van der Waals surface area contributed by atoms with Crippen LogP contribution in [0, 0.1) is 5.82 Å². The summed E-state index contributed by atoms with van der Waals surface area (Å²) in [7, 11) is 1.97. The second-order valence-corrected chi connectivity index (χ2v) is 4.87. The maximum Gasteiger partial charge on any atom is 0.125 e. The molecule has 3 nitrogen and oxygen atoms in total. The summed E-state index contributed by atoms with van der Waals surface area (Å²) < 4.78 is 19.1. The van der Waals surface area contributed by atoms with Crippen molar-refractivity contribution in [3.63, 3.8) is 0 Å². The van der Waals surface area contributed by atoms with Crippen LogP contribution in [0.5, 0.6) is 0 Å². The standard InChI is InChI=1S/C14H21FN2O/c1-17(10-14-3-2-6-18-14)13-8-11(4-5-16)7-12(15)9-13/h7-9,14H,2-6,10,16H2,1H3. The number of likely N-dealkylation sites (N-methyl/N-ethyl adjacent to an activating group) is 1. The van der Waals surface area contributed by atoms with Gasteiger partial charge in [0.15, 0.2) is 0 Å². The Morgan fingerprint density at radius 1 is 1.44 bits per heavy atom. The molecule has 1 heterocycles. The molecule has 0 saturated carbocycles. The minimum Gasteiger partial charge on any atom is -0.376 e. The molecule has 4 heteroatoms. The third kappa shape index (κ3) is 3.43. The van der Waals surface area contributed by atoms with Crippen LogP contribution in [0.15, 0.2) is 18.2 Å². The van der Waals surface area contributed by atoms with Gasteiger partial charge in [-0.2, -0.15) is 0 Å². The quantitative estimate of drug-likeness (QED) is 0.870. The number of nitrogens with two attached hydrogens (primary N) is 1. The zero-order chi connectivity index (χ0) is 13.0. The van der Waals surface area contributed by atoms with Crippen molar-refractivity contribution in [2.45, 2.75) is 25.4 Å². The van der Waals surface area contributed by atoms with Crippen molar-refractivity contribution >= 4 is 5.69 Å². The fourth-order valence-corrected chi connectivity index (χ4v) is 2.36. The minimum absolute atomic E-state index is 0.199. The van der Waals surface area contributed by atoms with Crippen LogP contribution >= 0.6 is 0 Å². The van der Waals surface area contributed by atoms with Crippen molar-refractivity contribution in [1.29, 1.82) is 0 Å². The number of ether oxygens (including phenoxy) is 1. The molecule has 1 aliphatic heterocycles. The second-order valence-electron chi connectivity index (χ2n) is 4.87. The topological polar surface area (TPSA) is 38.5 Å². The van der Waals surface area contributed by atoms with Gasteiger partial charge in [-0.25, -0.2) is 4.39 Å². The molecule has 1 unspecified atom stereocenters. The lowest BCUT2D eigenvalue weighted by Crippen LogP contribution is -2.28. The number of anilines is 1. The first-order valence-corrected chi connectivity index (χ1v) is 6.51. The third-order valence-corrected chi connectivity index (χ3v) is 3.32. The SMILES string of the molecule is CN(CC1CCCO1)c1cc(F)cc(CCN)c1. The lowest BCUT2D eigenvalue weighted by Gasteiger charge is -2.23. The van der Waals surface area contributed by atoms with Gasteiger partial charge in [-0.05, 0) is 49.6 Å². The summed E-state index contributed by atoms with van der Waals surface area (Å²) in [6.45, 7) is 2.20. The van der Waals surface area contributed by atoms with Gasteiger partial charge < -0.3 is 15.4 Å². The average molecular weight is 252 g/mol. The number of nitrogens with zero attached hydrogens (tertiary/aromatic N) is 1. The molecule has 0 aromatic heterocycles. The van der Waals surface area contributed by atoms with Crippen molar-refractivity contribution in [2.75, 3.05) is 31.6 Å². The van der Waals surface area contributed by atoms with Crippen molar-refractivity contribution in [3.05, 3.63) is 29.6 Å². The van der Waals surface area contributed by atoms with Crippen LogP contribution in [-0.4, -0.2) is 32.8 Å². The Balaban J connectivity index is 2.05. The molecule has 0 amide bonds. The van der Waals surface area contributed by atoms with Gasteiger partial charge in [0.2, 0.25) is 0 Å². The molecule has 1 aliphatic rings. The molecule has 100 valence electrons. The highest BCUT2D eigenvalue weighted by Gasteiger charge is 2.18. The molecule has 0 spiro atoms. The monoisotopic (exact) mass is 252 g/mol. The largest absolute Gasteiger partial charge is 0.376 e. The van der Waals surface area contributed by atoms with Gasteiger partial charge in [-0.15, -0.1) is 0 Å². The van der Waals surface area contributed by atoms with Crippen molar-refractivity contribution < 1.29 is 9.13 Å². The fourth-order valence-electron chi connectivity index (χ4n) is 2.36. The fraction of sp³-hybridized carbons (Fsp3) is 0.571. The smallest absolute Gasteiger partial charge is 0.125 e. The highest BCUT2D eigenvalue weighted by molar-refractivity contribution is 5.48. The van der Waals surface area contributed by atoms with E-state index in [1.165, 1.54) is 0 Å². The maximum absolute atomic E-state index is 13.5. The van der Waals surface area contributed by atoms with E-state index in [0.717, 1.165) is 37.2 Å². The number of halogens is 1. The van der Waals surface area contributed by atoms with Crippen LogP contribution < -0.4 is 10.6 Å². The van der Waals surface area contributed by atoms with Gasteiger partial charge in [-0.1, -0.05) is 0 Å². The third-order valence-electron chi connectivity index (χ3n) is 3.32. The van der Waals surface area contributed by atoms with Crippen molar-refractivity contribution in [1.82, 2.24) is 0 Å². The Hall–Kier alpha value is -1.13. The zero-order valence-electron chi connectivity index (χ0n) is 10.9. The van der Waals surface area contributed by atoms with Crippen LogP contribution in [-0.2, 0) is 11.2 Å². The first kappa shape index (κ1) is 13.3. The Kier molecular flexibility index (Phi) is 4.55. The Bertz CT molecular complexity index is 391. The zero-order valence-corrected chi connectivity index (χ0v) is 10.9. The molecule has 0 radical (unpaired) electrons. The first-order chi connectivity index (χ1) is 8.69. The van der Waals surface area contributed by atoms with E-state index in [1.54, 1.807) is 12.1 Å². The number of rotatable bonds is 5. The number of hydrogen-bond acceptors (Lipinski definition) is 3. The predicted molar refractivity (Wildman–Crippen MR) is 71.4 cm³/mol. The highest BCUT2D eigenvalue weighted by Crippen LogP contribution is 2.20. The summed E-state index contributed by atoms with van der Waals surface area (Å²) in [5.74, 6) is -0.199. The molecule has 0 bridgehead atoms. The van der Waals surface area contributed by atoms with E-state index in [9.17, 15) is 4.39 Å². The van der Waals surface area contributed by atoms with Gasteiger partial charge in [0.1, 0.15) is 5.82 Å². The van der Waals surface area contributed by atoms with E-state index in [4.69, 9.17) is 10.5 Å². The van der Waals surface area contributed by atoms with Crippen molar-refractivity contribution in [2.24, 2.45) is 5.73 Å². The summed E-state index contributed by atoms with van der Waals surface area (Å²) >= 11 is 0. The summed E-state index contributed by atoms with van der Waals surface area (Å²) in [6, 6.07) is 5.12. The molecule has 1 aromatic rings. The Morgan fingerprint density at radius 3 is 2.94 bits per heavy atom. The van der Waals surface area contributed by atoms with Gasteiger partial charge in [-0.3, -0.25) is 0 Å². The average Bonchev–Trinajstić information content (AvgIpc) is 2.81. The van der Waals surface area contributed by atoms with Gasteiger partial charge >= 0.3 is 0 Å². The van der Waals surface area contributed by atoms with Gasteiger partial charge in [0.05, 0.1) is 6.10 Å². The Morgan fingerprint density at radius 2 is 2.28 bits per heavy atom. The van der Waals surface area contributed by atoms with Crippen LogP contribution in [0.4, 0.5) is 10.1 Å². The van der Waals surface area contributed by atoms with Gasteiger partial charge in [0, 0.05) is 25.9 Å². The second kappa shape index (κ2) is 6.16. The van der Waals surface area contributed by atoms with Crippen LogP contribution in [0.25, 0.3) is 0 Å². The molecule has 1 saturated heterocycles. The molecular weight excluding hydrogens is 231 g/mol. The molecule has 1 atom stereocenters. The van der Waals surface area contributed by atoms with E-state index < -0.39 is 0 Å². The Labute approximate surface area is 108 Å². The van der Waals surface area contributed by atoms with Gasteiger partial charge in [0.25, 0.3) is 0 Å². The summed E-state index contributed by atoms with van der Waals surface area (Å²) in [5.41, 5.74) is 7.36. The molecule has 1 aromatic carbocycles.